The molecule has 0 bridgehead atoms. The Morgan fingerprint density at radius 3 is 2.35 bits per heavy atom. The van der Waals surface area contributed by atoms with Crippen LogP contribution in [-0.4, -0.2) is 87.6 Å². The van der Waals surface area contributed by atoms with Crippen LogP contribution in [0.1, 0.15) is 36.8 Å². The van der Waals surface area contributed by atoms with Gasteiger partial charge in [-0.1, -0.05) is 67.6 Å². The van der Waals surface area contributed by atoms with Gasteiger partial charge in [0, 0.05) is 26.6 Å². The monoisotopic (exact) mass is 507 g/mol. The average molecular weight is 508 g/mol. The van der Waals surface area contributed by atoms with E-state index in [0.717, 1.165) is 11.1 Å². The van der Waals surface area contributed by atoms with Crippen molar-refractivity contribution in [1.82, 2.24) is 25.1 Å². The summed E-state index contributed by atoms with van der Waals surface area (Å²) in [6.07, 6.45) is -1.03. The highest BCUT2D eigenvalue weighted by Gasteiger charge is 2.50. The molecule has 1 unspecified atom stereocenters. The molecule has 4 rings (SSSR count). The van der Waals surface area contributed by atoms with Crippen LogP contribution in [0.3, 0.4) is 0 Å². The molecule has 196 valence electrons. The summed E-state index contributed by atoms with van der Waals surface area (Å²) in [7, 11) is 1.66. The smallest absolute Gasteiger partial charge is 0.334 e. The van der Waals surface area contributed by atoms with Gasteiger partial charge in [-0.2, -0.15) is 0 Å². The van der Waals surface area contributed by atoms with Crippen LogP contribution in [0, 0.1) is 0 Å². The molecule has 2 aliphatic rings. The van der Waals surface area contributed by atoms with Crippen molar-refractivity contribution in [3.63, 3.8) is 0 Å². The van der Waals surface area contributed by atoms with E-state index in [4.69, 9.17) is 0 Å². The maximum Gasteiger partial charge on any atom is 0.334 e. The molecule has 2 aliphatic heterocycles. The first-order valence-electron chi connectivity index (χ1n) is 12.4. The number of urea groups is 1. The Balaban J connectivity index is 1.60. The Bertz CT molecular complexity index is 1130. The molecule has 0 aromatic heterocycles. The predicted molar refractivity (Wildman–Crippen MR) is 136 cm³/mol. The number of carbonyl (C=O) groups excluding carboxylic acids is 3. The zero-order chi connectivity index (χ0) is 26.5. The molecular formula is C27H33N5O5. The number of benzene rings is 2. The van der Waals surface area contributed by atoms with E-state index in [1.165, 1.54) is 9.91 Å². The molecule has 0 radical (unpaired) electrons. The van der Waals surface area contributed by atoms with E-state index in [1.807, 2.05) is 67.6 Å². The first-order valence-corrected chi connectivity index (χ1v) is 12.4. The minimum Gasteiger partial charge on any atom is -0.481 e. The summed E-state index contributed by atoms with van der Waals surface area (Å²) >= 11 is 0. The summed E-state index contributed by atoms with van der Waals surface area (Å²) in [5.74, 6) is -1.63. The summed E-state index contributed by atoms with van der Waals surface area (Å²) in [6.45, 7) is 2.75. The highest BCUT2D eigenvalue weighted by molar-refractivity contribution is 5.91. The van der Waals surface area contributed by atoms with Gasteiger partial charge in [0.25, 0.3) is 0 Å². The minimum absolute atomic E-state index is 0.00852. The number of likely N-dealkylation sites (N-methyl/N-ethyl adjacent to an activating group) is 1. The van der Waals surface area contributed by atoms with Crippen molar-refractivity contribution in [2.75, 3.05) is 26.7 Å². The van der Waals surface area contributed by atoms with Crippen LogP contribution in [0.2, 0.25) is 0 Å². The van der Waals surface area contributed by atoms with E-state index in [9.17, 15) is 24.3 Å². The summed E-state index contributed by atoms with van der Waals surface area (Å²) in [5.41, 5.74) is 1.99. The number of nitrogens with one attached hydrogen (secondary N) is 1. The Hall–Kier alpha value is -3.92. The lowest BCUT2D eigenvalue weighted by Crippen LogP contribution is -2.76. The molecule has 2 heterocycles. The normalized spacial score (nSPS) is 21.0. The molecule has 0 saturated carbocycles. The van der Waals surface area contributed by atoms with Gasteiger partial charge in [-0.05, 0) is 23.5 Å². The number of hydrogen-bond acceptors (Lipinski definition) is 5. The number of carbonyl (C=O) groups is 4. The average Bonchev–Trinajstić information content (AvgIpc) is 2.88. The number of piperazine rings is 1. The van der Waals surface area contributed by atoms with Crippen LogP contribution in [0.5, 0.6) is 0 Å². The molecule has 2 aromatic carbocycles. The third kappa shape index (κ3) is 5.91. The second-order valence-electron chi connectivity index (χ2n) is 9.59. The highest BCUT2D eigenvalue weighted by atomic mass is 16.4. The fourth-order valence-corrected chi connectivity index (χ4v) is 5.08. The Morgan fingerprint density at radius 2 is 1.70 bits per heavy atom. The largest absolute Gasteiger partial charge is 0.481 e. The molecule has 2 N–H and O–H groups in total. The molecule has 10 heteroatoms. The van der Waals surface area contributed by atoms with Crippen molar-refractivity contribution in [2.24, 2.45) is 0 Å². The van der Waals surface area contributed by atoms with Crippen molar-refractivity contribution < 1.29 is 24.3 Å². The molecule has 4 amide bonds. The predicted octanol–water partition coefficient (Wildman–Crippen LogP) is 2.09. The van der Waals surface area contributed by atoms with Crippen molar-refractivity contribution >= 4 is 23.8 Å². The van der Waals surface area contributed by atoms with Gasteiger partial charge in [0.15, 0.2) is 0 Å². The van der Waals surface area contributed by atoms with Crippen LogP contribution >= 0.6 is 0 Å². The van der Waals surface area contributed by atoms with E-state index in [-0.39, 0.29) is 43.7 Å². The molecule has 0 aliphatic carbocycles. The summed E-state index contributed by atoms with van der Waals surface area (Å²) in [4.78, 5) is 54.6. The number of amides is 4. The van der Waals surface area contributed by atoms with Crippen LogP contribution in [0.4, 0.5) is 4.79 Å². The van der Waals surface area contributed by atoms with Crippen LogP contribution < -0.4 is 5.32 Å². The van der Waals surface area contributed by atoms with Crippen molar-refractivity contribution in [2.45, 2.75) is 44.4 Å². The Labute approximate surface area is 216 Å². The highest BCUT2D eigenvalue weighted by Crippen LogP contribution is 2.29. The lowest BCUT2D eigenvalue weighted by atomic mass is 9.97. The van der Waals surface area contributed by atoms with Gasteiger partial charge < -0.3 is 20.2 Å². The molecule has 3 atom stereocenters. The fraction of sp³-hybridized carbons (Fsp3) is 0.407. The summed E-state index contributed by atoms with van der Waals surface area (Å²) < 4.78 is 0. The Morgan fingerprint density at radius 1 is 1.05 bits per heavy atom. The number of fused-ring (bicyclic) bond motifs is 1. The number of carboxylic acids is 1. The van der Waals surface area contributed by atoms with Gasteiger partial charge in [-0.25, -0.2) is 14.8 Å². The standard InChI is InChI=1S/C27H33N5O5/c1-19(21-11-7-4-8-12-21)16-30-17-23-31(22(26(30)36)13-14-25(34)35)24(33)18-29(2)32(23)27(37)28-15-20-9-5-3-6-10-20/h3-12,19,22-23H,13-18H2,1-2H3,(H,28,37)(H,34,35)/t19?,22-,23-/m0/s1. The van der Waals surface area contributed by atoms with E-state index in [1.54, 1.807) is 17.0 Å². The maximum absolute atomic E-state index is 13.6. The van der Waals surface area contributed by atoms with E-state index in [2.05, 4.69) is 5.32 Å². The summed E-state index contributed by atoms with van der Waals surface area (Å²) in [6, 6.07) is 17.9. The molecule has 37 heavy (non-hydrogen) atoms. The van der Waals surface area contributed by atoms with E-state index in [0.29, 0.717) is 13.1 Å². The van der Waals surface area contributed by atoms with Crippen LogP contribution in [-0.2, 0) is 20.9 Å². The number of aliphatic carboxylic acids is 1. The van der Waals surface area contributed by atoms with E-state index < -0.39 is 24.2 Å². The molecule has 2 fully saturated rings. The number of nitrogens with zero attached hydrogens (tertiary/aromatic N) is 4. The lowest BCUT2D eigenvalue weighted by Gasteiger charge is -2.54. The number of hydrazine groups is 1. The van der Waals surface area contributed by atoms with Gasteiger partial charge in [-0.15, -0.1) is 0 Å². The van der Waals surface area contributed by atoms with Crippen molar-refractivity contribution in [3.8, 4) is 0 Å². The Kier molecular flexibility index (Phi) is 8.08. The second kappa shape index (κ2) is 11.4. The van der Waals surface area contributed by atoms with Crippen LogP contribution in [0.15, 0.2) is 60.7 Å². The fourth-order valence-electron chi connectivity index (χ4n) is 5.08. The van der Waals surface area contributed by atoms with E-state index >= 15 is 0 Å². The third-order valence-corrected chi connectivity index (χ3v) is 6.93. The lowest BCUT2D eigenvalue weighted by molar-refractivity contribution is -0.188. The molecular weight excluding hydrogens is 474 g/mol. The number of hydrogen-bond donors (Lipinski definition) is 2. The van der Waals surface area contributed by atoms with Gasteiger partial charge in [-0.3, -0.25) is 14.4 Å². The first-order chi connectivity index (χ1) is 17.8. The molecule has 10 nitrogen and oxygen atoms in total. The van der Waals surface area contributed by atoms with Gasteiger partial charge in [0.1, 0.15) is 12.2 Å². The minimum atomic E-state index is -1.04. The van der Waals surface area contributed by atoms with Crippen LogP contribution in [0.25, 0.3) is 0 Å². The SMILES string of the molecule is CC(CN1C[C@H]2N(C(=O)CN(C)N2C(=O)NCc2ccccc2)[C@@H](CCC(=O)O)C1=O)c1ccccc1. The quantitative estimate of drug-likeness (QED) is 0.566. The zero-order valence-corrected chi connectivity index (χ0v) is 21.1. The van der Waals surface area contributed by atoms with Gasteiger partial charge in [0.2, 0.25) is 11.8 Å². The van der Waals surface area contributed by atoms with Crippen molar-refractivity contribution in [3.05, 3.63) is 71.8 Å². The molecule has 2 saturated heterocycles. The third-order valence-electron chi connectivity index (χ3n) is 6.93. The van der Waals surface area contributed by atoms with Crippen molar-refractivity contribution in [1.29, 1.82) is 0 Å². The van der Waals surface area contributed by atoms with Gasteiger partial charge in [0.05, 0.1) is 13.1 Å². The summed E-state index contributed by atoms with van der Waals surface area (Å²) in [5, 5.41) is 15.3. The topological polar surface area (TPSA) is 114 Å². The second-order valence-corrected chi connectivity index (χ2v) is 9.59. The zero-order valence-electron chi connectivity index (χ0n) is 21.1. The first kappa shape index (κ1) is 26.2. The number of carboxylic acid groups (broad SMARTS) is 1. The molecule has 0 spiro atoms. The molecule has 2 aromatic rings. The maximum atomic E-state index is 13.6. The number of rotatable bonds is 8. The van der Waals surface area contributed by atoms with Gasteiger partial charge >= 0.3 is 12.0 Å².